The van der Waals surface area contributed by atoms with Crippen LogP contribution in [-0.4, -0.2) is 54.6 Å². The van der Waals surface area contributed by atoms with Crippen molar-refractivity contribution in [2.45, 2.75) is 13.0 Å². The first kappa shape index (κ1) is 16.5. The SMILES string of the molecule is CN(C)CCN(CCC(=O)O)Cc1ccc(F)cc1F. The Labute approximate surface area is 117 Å². The van der Waals surface area contributed by atoms with E-state index in [1.54, 1.807) is 0 Å². The average Bonchev–Trinajstić information content (AvgIpc) is 2.35. The van der Waals surface area contributed by atoms with Crippen molar-refractivity contribution in [3.8, 4) is 0 Å². The quantitative estimate of drug-likeness (QED) is 0.791. The third kappa shape index (κ3) is 6.08. The number of likely N-dealkylation sites (N-methyl/N-ethyl adjacent to an activating group) is 1. The molecule has 0 aliphatic heterocycles. The van der Waals surface area contributed by atoms with Crippen molar-refractivity contribution in [1.82, 2.24) is 9.80 Å². The van der Waals surface area contributed by atoms with Crippen molar-refractivity contribution in [1.29, 1.82) is 0 Å². The smallest absolute Gasteiger partial charge is 0.304 e. The molecule has 0 aromatic heterocycles. The summed E-state index contributed by atoms with van der Waals surface area (Å²) >= 11 is 0. The Hall–Kier alpha value is -1.53. The summed E-state index contributed by atoms with van der Waals surface area (Å²) in [5.74, 6) is -2.11. The van der Waals surface area contributed by atoms with E-state index >= 15 is 0 Å². The highest BCUT2D eigenvalue weighted by Gasteiger charge is 2.12. The maximum absolute atomic E-state index is 13.6. The number of aliphatic carboxylic acids is 1. The molecule has 0 bridgehead atoms. The van der Waals surface area contributed by atoms with E-state index in [-0.39, 0.29) is 13.0 Å². The fourth-order valence-electron chi connectivity index (χ4n) is 1.76. The molecular weight excluding hydrogens is 266 g/mol. The van der Waals surface area contributed by atoms with Crippen LogP contribution in [0, 0.1) is 11.6 Å². The summed E-state index contributed by atoms with van der Waals surface area (Å²) in [6.45, 7) is 1.97. The first-order valence-corrected chi connectivity index (χ1v) is 6.41. The van der Waals surface area contributed by atoms with E-state index in [0.29, 0.717) is 18.7 Å². The van der Waals surface area contributed by atoms with Crippen LogP contribution >= 0.6 is 0 Å². The lowest BCUT2D eigenvalue weighted by molar-refractivity contribution is -0.137. The van der Waals surface area contributed by atoms with Crippen LogP contribution in [0.25, 0.3) is 0 Å². The molecule has 0 fully saturated rings. The third-order valence-corrected chi connectivity index (χ3v) is 2.91. The summed E-state index contributed by atoms with van der Waals surface area (Å²) in [4.78, 5) is 14.5. The van der Waals surface area contributed by atoms with E-state index in [2.05, 4.69) is 0 Å². The molecule has 0 unspecified atom stereocenters. The zero-order valence-electron chi connectivity index (χ0n) is 11.8. The van der Waals surface area contributed by atoms with Crippen molar-refractivity contribution in [2.75, 3.05) is 33.7 Å². The van der Waals surface area contributed by atoms with E-state index in [1.165, 1.54) is 12.1 Å². The minimum atomic E-state index is -0.889. The molecule has 0 saturated heterocycles. The predicted octanol–water partition coefficient (Wildman–Crippen LogP) is 1.80. The Balaban J connectivity index is 2.68. The van der Waals surface area contributed by atoms with E-state index < -0.39 is 17.6 Å². The Morgan fingerprint density at radius 1 is 1.20 bits per heavy atom. The van der Waals surface area contributed by atoms with Gasteiger partial charge in [-0.25, -0.2) is 8.78 Å². The lowest BCUT2D eigenvalue weighted by Gasteiger charge is -2.23. The highest BCUT2D eigenvalue weighted by molar-refractivity contribution is 5.66. The zero-order valence-corrected chi connectivity index (χ0v) is 11.8. The van der Waals surface area contributed by atoms with Crippen molar-refractivity contribution < 1.29 is 18.7 Å². The largest absolute Gasteiger partial charge is 0.481 e. The number of carboxylic acids is 1. The maximum Gasteiger partial charge on any atom is 0.304 e. The number of benzene rings is 1. The van der Waals surface area contributed by atoms with Crippen molar-refractivity contribution in [3.05, 3.63) is 35.4 Å². The second kappa shape index (κ2) is 7.91. The Kier molecular flexibility index (Phi) is 6.54. The Morgan fingerprint density at radius 3 is 2.45 bits per heavy atom. The van der Waals surface area contributed by atoms with Crippen LogP contribution < -0.4 is 0 Å². The summed E-state index contributed by atoms with van der Waals surface area (Å²) in [6.07, 6.45) is -0.00373. The predicted molar refractivity (Wildman–Crippen MR) is 72.4 cm³/mol. The lowest BCUT2D eigenvalue weighted by atomic mass is 10.2. The molecular formula is C14H20F2N2O2. The van der Waals surface area contributed by atoms with Crippen LogP contribution in [0.15, 0.2) is 18.2 Å². The average molecular weight is 286 g/mol. The van der Waals surface area contributed by atoms with Gasteiger partial charge >= 0.3 is 5.97 Å². The molecule has 20 heavy (non-hydrogen) atoms. The number of carbonyl (C=O) groups is 1. The fourth-order valence-corrected chi connectivity index (χ4v) is 1.76. The Morgan fingerprint density at radius 2 is 1.90 bits per heavy atom. The molecule has 0 aliphatic carbocycles. The van der Waals surface area contributed by atoms with E-state index in [0.717, 1.165) is 12.6 Å². The van der Waals surface area contributed by atoms with Crippen LogP contribution in [0.1, 0.15) is 12.0 Å². The first-order chi connectivity index (χ1) is 9.38. The van der Waals surface area contributed by atoms with Gasteiger partial charge in [0.1, 0.15) is 11.6 Å². The summed E-state index contributed by atoms with van der Waals surface area (Å²) < 4.78 is 26.5. The molecule has 0 aliphatic rings. The number of hydrogen-bond donors (Lipinski definition) is 1. The van der Waals surface area contributed by atoms with Gasteiger partial charge in [-0.15, -0.1) is 0 Å². The van der Waals surface area contributed by atoms with Gasteiger partial charge in [0.2, 0.25) is 0 Å². The summed E-state index contributed by atoms with van der Waals surface area (Å²) in [5.41, 5.74) is 0.371. The molecule has 1 rings (SSSR count). The standard InChI is InChI=1S/C14H20F2N2O2/c1-17(2)7-8-18(6-5-14(19)20)10-11-3-4-12(15)9-13(11)16/h3-4,9H,5-8,10H2,1-2H3,(H,19,20). The van der Waals surface area contributed by atoms with Crippen LogP contribution in [0.2, 0.25) is 0 Å². The number of rotatable bonds is 8. The second-order valence-corrected chi connectivity index (χ2v) is 4.96. The molecule has 1 N–H and O–H groups in total. The topological polar surface area (TPSA) is 43.8 Å². The van der Waals surface area contributed by atoms with E-state index in [9.17, 15) is 13.6 Å². The van der Waals surface area contributed by atoms with Crippen LogP contribution in [0.4, 0.5) is 8.78 Å². The third-order valence-electron chi connectivity index (χ3n) is 2.91. The Bertz CT molecular complexity index is 453. The van der Waals surface area contributed by atoms with Crippen molar-refractivity contribution in [3.63, 3.8) is 0 Å². The van der Waals surface area contributed by atoms with Gasteiger partial charge in [0.15, 0.2) is 0 Å². The van der Waals surface area contributed by atoms with Gasteiger partial charge in [-0.05, 0) is 20.2 Å². The number of halogens is 2. The fraction of sp³-hybridized carbons (Fsp3) is 0.500. The van der Waals surface area contributed by atoms with Gasteiger partial charge in [0.25, 0.3) is 0 Å². The minimum absolute atomic E-state index is 0.00373. The molecule has 0 spiro atoms. The number of carboxylic acid groups (broad SMARTS) is 1. The molecule has 4 nitrogen and oxygen atoms in total. The monoisotopic (exact) mass is 286 g/mol. The summed E-state index contributed by atoms with van der Waals surface area (Å²) in [5, 5.41) is 8.74. The molecule has 0 amide bonds. The molecule has 6 heteroatoms. The van der Waals surface area contributed by atoms with Gasteiger partial charge in [-0.3, -0.25) is 9.69 Å². The molecule has 1 aromatic carbocycles. The minimum Gasteiger partial charge on any atom is -0.481 e. The molecule has 0 heterocycles. The normalized spacial score (nSPS) is 11.3. The van der Waals surface area contributed by atoms with Gasteiger partial charge in [0, 0.05) is 37.8 Å². The summed E-state index contributed by atoms with van der Waals surface area (Å²) in [6, 6.07) is 3.45. The van der Waals surface area contributed by atoms with Crippen LogP contribution in [0.3, 0.4) is 0 Å². The molecule has 0 saturated carbocycles. The second-order valence-electron chi connectivity index (χ2n) is 4.96. The van der Waals surface area contributed by atoms with Gasteiger partial charge in [-0.1, -0.05) is 6.07 Å². The molecule has 0 radical (unpaired) electrons. The van der Waals surface area contributed by atoms with E-state index in [1.807, 2.05) is 23.9 Å². The highest BCUT2D eigenvalue weighted by Crippen LogP contribution is 2.12. The van der Waals surface area contributed by atoms with Gasteiger partial charge in [-0.2, -0.15) is 0 Å². The molecule has 112 valence electrons. The lowest BCUT2D eigenvalue weighted by Crippen LogP contribution is -2.33. The number of nitrogens with zero attached hydrogens (tertiary/aromatic N) is 2. The maximum atomic E-state index is 13.6. The zero-order chi connectivity index (χ0) is 15.1. The van der Waals surface area contributed by atoms with Gasteiger partial charge < -0.3 is 10.0 Å². The van der Waals surface area contributed by atoms with Crippen molar-refractivity contribution in [2.24, 2.45) is 0 Å². The van der Waals surface area contributed by atoms with E-state index in [4.69, 9.17) is 5.11 Å². The van der Waals surface area contributed by atoms with Crippen LogP contribution in [0.5, 0.6) is 0 Å². The molecule has 0 atom stereocenters. The van der Waals surface area contributed by atoms with Gasteiger partial charge in [0.05, 0.1) is 6.42 Å². The first-order valence-electron chi connectivity index (χ1n) is 6.41. The van der Waals surface area contributed by atoms with Crippen molar-refractivity contribution >= 4 is 5.97 Å². The molecule has 1 aromatic rings. The number of hydrogen-bond acceptors (Lipinski definition) is 3. The highest BCUT2D eigenvalue weighted by atomic mass is 19.1. The summed E-state index contributed by atoms with van der Waals surface area (Å²) in [7, 11) is 3.82. The van der Waals surface area contributed by atoms with Crippen LogP contribution in [-0.2, 0) is 11.3 Å².